The van der Waals surface area contributed by atoms with Crippen LogP contribution in [0.25, 0.3) is 0 Å². The van der Waals surface area contributed by atoms with E-state index in [2.05, 4.69) is 21.2 Å². The van der Waals surface area contributed by atoms with Crippen LogP contribution in [0.1, 0.15) is 18.0 Å². The smallest absolute Gasteiger partial charge is 0.415 e. The molecule has 0 amide bonds. The number of benzene rings is 1. The van der Waals surface area contributed by atoms with Crippen LogP contribution >= 0.6 is 15.9 Å². The van der Waals surface area contributed by atoms with E-state index in [-0.39, 0.29) is 6.04 Å². The van der Waals surface area contributed by atoms with E-state index in [1.807, 2.05) is 12.1 Å². The molecule has 1 aromatic rings. The van der Waals surface area contributed by atoms with Crippen molar-refractivity contribution in [2.24, 2.45) is 0 Å². The summed E-state index contributed by atoms with van der Waals surface area (Å²) in [6, 6.07) is 5.14. The quantitative estimate of drug-likeness (QED) is 0.889. The molecule has 0 spiro atoms. The maximum absolute atomic E-state index is 12.2. The minimum Gasteiger partial charge on any atom is -0.493 e. The summed E-state index contributed by atoms with van der Waals surface area (Å²) < 4.78 is 43.0. The van der Waals surface area contributed by atoms with Gasteiger partial charge in [0.05, 0.1) is 6.61 Å². The molecule has 2 atom stereocenters. The lowest BCUT2D eigenvalue weighted by molar-refractivity contribution is -0.202. The van der Waals surface area contributed by atoms with E-state index < -0.39 is 18.8 Å². The Morgan fingerprint density at radius 2 is 2.21 bits per heavy atom. The summed E-state index contributed by atoms with van der Waals surface area (Å²) in [5.41, 5.74) is 0.801. The van der Waals surface area contributed by atoms with Crippen molar-refractivity contribution in [1.29, 1.82) is 0 Å². The highest BCUT2D eigenvalue weighted by molar-refractivity contribution is 9.10. The largest absolute Gasteiger partial charge is 0.493 e. The molecule has 106 valence electrons. The second kappa shape index (κ2) is 5.68. The van der Waals surface area contributed by atoms with Crippen LogP contribution in [-0.2, 0) is 0 Å². The van der Waals surface area contributed by atoms with Crippen molar-refractivity contribution in [1.82, 2.24) is 5.32 Å². The fraction of sp³-hybridized carbons (Fsp3) is 0.500. The van der Waals surface area contributed by atoms with Crippen molar-refractivity contribution in [2.45, 2.75) is 24.7 Å². The molecule has 3 nitrogen and oxygen atoms in total. The van der Waals surface area contributed by atoms with Gasteiger partial charge in [0.25, 0.3) is 0 Å². The Balaban J connectivity index is 2.05. The molecule has 0 fully saturated rings. The lowest BCUT2D eigenvalue weighted by Crippen LogP contribution is -2.40. The number of halogens is 4. The first-order valence-electron chi connectivity index (χ1n) is 5.78. The number of aliphatic hydroxyl groups is 1. The second-order valence-electron chi connectivity index (χ2n) is 4.34. The summed E-state index contributed by atoms with van der Waals surface area (Å²) in [4.78, 5) is 0. The van der Waals surface area contributed by atoms with Crippen molar-refractivity contribution in [3.8, 4) is 5.75 Å². The lowest BCUT2D eigenvalue weighted by Gasteiger charge is -2.28. The third kappa shape index (κ3) is 3.61. The number of aliphatic hydroxyl groups excluding tert-OH is 1. The van der Waals surface area contributed by atoms with E-state index in [9.17, 15) is 13.2 Å². The summed E-state index contributed by atoms with van der Waals surface area (Å²) in [7, 11) is 0. The van der Waals surface area contributed by atoms with Gasteiger partial charge in [-0.2, -0.15) is 13.2 Å². The molecule has 0 radical (unpaired) electrons. The van der Waals surface area contributed by atoms with Gasteiger partial charge in [0.1, 0.15) is 5.75 Å². The summed E-state index contributed by atoms with van der Waals surface area (Å²) >= 11 is 3.32. The zero-order valence-corrected chi connectivity index (χ0v) is 11.5. The number of alkyl halides is 3. The topological polar surface area (TPSA) is 41.5 Å². The SMILES string of the molecule is OC(CNC1CCOc2ccc(Br)cc21)C(F)(F)F. The molecular weight excluding hydrogens is 327 g/mol. The van der Waals surface area contributed by atoms with Crippen LogP contribution in [0.5, 0.6) is 5.75 Å². The van der Waals surface area contributed by atoms with Gasteiger partial charge >= 0.3 is 6.18 Å². The van der Waals surface area contributed by atoms with Gasteiger partial charge < -0.3 is 15.2 Å². The second-order valence-corrected chi connectivity index (χ2v) is 5.25. The molecule has 1 aliphatic heterocycles. The molecule has 0 bridgehead atoms. The third-order valence-electron chi connectivity index (χ3n) is 2.95. The van der Waals surface area contributed by atoms with Crippen LogP contribution in [-0.4, -0.2) is 30.5 Å². The average molecular weight is 340 g/mol. The maximum atomic E-state index is 12.2. The molecule has 7 heteroatoms. The number of nitrogens with one attached hydrogen (secondary N) is 1. The molecule has 0 aromatic heterocycles. The molecule has 1 aromatic carbocycles. The first-order chi connectivity index (χ1) is 8.88. The Morgan fingerprint density at radius 3 is 2.89 bits per heavy atom. The molecule has 0 saturated carbocycles. The molecular formula is C12H13BrF3NO2. The Morgan fingerprint density at radius 1 is 1.47 bits per heavy atom. The van der Waals surface area contributed by atoms with Crippen LogP contribution in [0.3, 0.4) is 0 Å². The normalized spacial score (nSPS) is 20.6. The first-order valence-corrected chi connectivity index (χ1v) is 6.57. The van der Waals surface area contributed by atoms with Crippen LogP contribution in [0.15, 0.2) is 22.7 Å². The fourth-order valence-corrected chi connectivity index (χ4v) is 2.33. The molecule has 0 aliphatic carbocycles. The van der Waals surface area contributed by atoms with Crippen LogP contribution in [0.2, 0.25) is 0 Å². The zero-order valence-electron chi connectivity index (χ0n) is 9.88. The van der Waals surface area contributed by atoms with Gasteiger partial charge in [-0.05, 0) is 18.2 Å². The number of fused-ring (bicyclic) bond motifs is 1. The number of rotatable bonds is 3. The van der Waals surface area contributed by atoms with E-state index >= 15 is 0 Å². The Bertz CT molecular complexity index is 453. The molecule has 2 N–H and O–H groups in total. The van der Waals surface area contributed by atoms with Gasteiger partial charge in [0.2, 0.25) is 0 Å². The van der Waals surface area contributed by atoms with Gasteiger partial charge in [-0.25, -0.2) is 0 Å². The van der Waals surface area contributed by atoms with Crippen molar-refractivity contribution in [3.63, 3.8) is 0 Å². The fourth-order valence-electron chi connectivity index (χ4n) is 1.95. The Labute approximate surface area is 116 Å². The number of ether oxygens (including phenoxy) is 1. The predicted octanol–water partition coefficient (Wildman–Crippen LogP) is 2.79. The van der Waals surface area contributed by atoms with E-state index in [1.54, 1.807) is 6.07 Å². The van der Waals surface area contributed by atoms with E-state index in [0.717, 1.165) is 10.0 Å². The highest BCUT2D eigenvalue weighted by Crippen LogP contribution is 2.34. The molecule has 2 unspecified atom stereocenters. The lowest BCUT2D eigenvalue weighted by atomic mass is 10.0. The summed E-state index contributed by atoms with van der Waals surface area (Å²) in [6.07, 6.45) is -6.39. The van der Waals surface area contributed by atoms with Gasteiger partial charge in [0, 0.05) is 29.0 Å². The maximum Gasteiger partial charge on any atom is 0.415 e. The minimum absolute atomic E-state index is 0.252. The Kier molecular flexibility index (Phi) is 4.37. The standard InChI is InChI=1S/C12H13BrF3NO2/c13-7-1-2-10-8(5-7)9(3-4-19-10)17-6-11(18)12(14,15)16/h1-2,5,9,11,17-18H,3-4,6H2. The van der Waals surface area contributed by atoms with Crippen molar-refractivity contribution < 1.29 is 23.0 Å². The summed E-state index contributed by atoms with van der Waals surface area (Å²) in [6.45, 7) is -0.0888. The molecule has 1 heterocycles. The van der Waals surface area contributed by atoms with Crippen molar-refractivity contribution in [2.75, 3.05) is 13.2 Å². The van der Waals surface area contributed by atoms with Crippen molar-refractivity contribution >= 4 is 15.9 Å². The zero-order chi connectivity index (χ0) is 14.0. The predicted molar refractivity (Wildman–Crippen MR) is 67.1 cm³/mol. The third-order valence-corrected chi connectivity index (χ3v) is 3.44. The Hall–Kier alpha value is -0.790. The minimum atomic E-state index is -4.60. The van der Waals surface area contributed by atoms with E-state index in [4.69, 9.17) is 9.84 Å². The van der Waals surface area contributed by atoms with Gasteiger partial charge in [-0.1, -0.05) is 15.9 Å². The molecule has 1 aliphatic rings. The van der Waals surface area contributed by atoms with E-state index in [1.165, 1.54) is 0 Å². The molecule has 0 saturated heterocycles. The van der Waals surface area contributed by atoms with Gasteiger partial charge in [-0.15, -0.1) is 0 Å². The van der Waals surface area contributed by atoms with E-state index in [0.29, 0.717) is 18.8 Å². The van der Waals surface area contributed by atoms with Gasteiger partial charge in [0.15, 0.2) is 6.10 Å². The van der Waals surface area contributed by atoms with Crippen molar-refractivity contribution in [3.05, 3.63) is 28.2 Å². The van der Waals surface area contributed by atoms with Crippen LogP contribution < -0.4 is 10.1 Å². The highest BCUT2D eigenvalue weighted by Gasteiger charge is 2.38. The molecule has 19 heavy (non-hydrogen) atoms. The highest BCUT2D eigenvalue weighted by atomic mass is 79.9. The number of hydrogen-bond acceptors (Lipinski definition) is 3. The first kappa shape index (κ1) is 14.6. The van der Waals surface area contributed by atoms with Crippen LogP contribution in [0, 0.1) is 0 Å². The molecule has 2 rings (SSSR count). The monoisotopic (exact) mass is 339 g/mol. The number of hydrogen-bond donors (Lipinski definition) is 2. The summed E-state index contributed by atoms with van der Waals surface area (Å²) in [5.74, 6) is 0.661. The van der Waals surface area contributed by atoms with Gasteiger partial charge in [-0.3, -0.25) is 0 Å². The summed E-state index contributed by atoms with van der Waals surface area (Å²) in [5, 5.41) is 11.7. The van der Waals surface area contributed by atoms with Crippen LogP contribution in [0.4, 0.5) is 13.2 Å². The average Bonchev–Trinajstić information content (AvgIpc) is 2.34.